The maximum absolute atomic E-state index is 11.3. The largest absolute Gasteiger partial charge is 1.00 e. The van der Waals surface area contributed by atoms with E-state index in [1.807, 2.05) is 0 Å². The molecule has 27 heavy (non-hydrogen) atoms. The molecule has 0 rings (SSSR count). The van der Waals surface area contributed by atoms with Crippen molar-refractivity contribution < 1.29 is 81.4 Å². The predicted molar refractivity (Wildman–Crippen MR) is 105 cm³/mol. The molecule has 0 fully saturated rings. The molecule has 0 aliphatic carbocycles. The number of hydrogen-bond donors (Lipinski definition) is 1. The quantitative estimate of drug-likeness (QED) is 0.160. The third-order valence-electron chi connectivity index (χ3n) is 4.54. The summed E-state index contributed by atoms with van der Waals surface area (Å²) in [5, 5.41) is 8.95. The van der Waals surface area contributed by atoms with Crippen molar-refractivity contribution in [3.05, 3.63) is 0 Å². The summed E-state index contributed by atoms with van der Waals surface area (Å²) in [6.07, 6.45) is 18.2. The zero-order valence-electron chi connectivity index (χ0n) is 20.6. The van der Waals surface area contributed by atoms with Gasteiger partial charge in [-0.05, 0) is 13.3 Å². The maximum atomic E-state index is 11.3. The van der Waals surface area contributed by atoms with Gasteiger partial charge in [0.2, 0.25) is 0 Å². The number of carbonyl (C=O) groups excluding carboxylic acids is 2. The van der Waals surface area contributed by atoms with Crippen LogP contribution >= 0.6 is 0 Å². The van der Waals surface area contributed by atoms with Gasteiger partial charge in [0.25, 0.3) is 0 Å². The molecule has 0 heterocycles. The zero-order chi connectivity index (χ0) is 18.8. The molecule has 0 aromatic rings. The van der Waals surface area contributed by atoms with Gasteiger partial charge < -0.3 is 12.7 Å². The topological polar surface area (TPSA) is 63.6 Å². The van der Waals surface area contributed by atoms with Crippen molar-refractivity contribution in [3.8, 4) is 0 Å². The van der Waals surface area contributed by atoms with Gasteiger partial charge in [-0.25, -0.2) is 4.79 Å². The SMILES string of the molecule is CCCCCCCCCCCCCCCCCC(=O)OC(=O)C(C)O.[H-].[H-].[Na+].[Na+]. The van der Waals surface area contributed by atoms with Crippen molar-refractivity contribution in [2.75, 3.05) is 0 Å². The van der Waals surface area contributed by atoms with E-state index in [1.54, 1.807) is 0 Å². The molecule has 0 bridgehead atoms. The molecule has 0 saturated heterocycles. The van der Waals surface area contributed by atoms with E-state index in [9.17, 15) is 9.59 Å². The van der Waals surface area contributed by atoms with Crippen LogP contribution in [0.3, 0.4) is 0 Å². The molecule has 0 aliphatic heterocycles. The minimum Gasteiger partial charge on any atom is -1.00 e. The zero-order valence-corrected chi connectivity index (χ0v) is 22.6. The second kappa shape index (κ2) is 25.1. The minimum absolute atomic E-state index is 0. The average molecular weight is 405 g/mol. The fourth-order valence-corrected chi connectivity index (χ4v) is 2.89. The van der Waals surface area contributed by atoms with Crippen LogP contribution in [0, 0.1) is 0 Å². The Morgan fingerprint density at radius 1 is 0.741 bits per heavy atom. The number of unbranched alkanes of at least 4 members (excludes halogenated alkanes) is 14. The Kier molecular flexibility index (Phi) is 30.5. The van der Waals surface area contributed by atoms with Gasteiger partial charge in [-0.2, -0.15) is 0 Å². The monoisotopic (exact) mass is 404 g/mol. The van der Waals surface area contributed by atoms with E-state index in [4.69, 9.17) is 5.11 Å². The van der Waals surface area contributed by atoms with Crippen molar-refractivity contribution in [2.24, 2.45) is 0 Å². The van der Waals surface area contributed by atoms with Crippen LogP contribution in [0.5, 0.6) is 0 Å². The summed E-state index contributed by atoms with van der Waals surface area (Å²) in [5.41, 5.74) is 0. The van der Waals surface area contributed by atoms with Gasteiger partial charge in [-0.1, -0.05) is 96.8 Å². The number of ether oxygens (including phenoxy) is 1. The third kappa shape index (κ3) is 25.1. The number of aliphatic hydroxyl groups excluding tert-OH is 1. The molecular formula is C21H42Na2O4. The first-order valence-electron chi connectivity index (χ1n) is 10.5. The van der Waals surface area contributed by atoms with Gasteiger partial charge in [0, 0.05) is 6.42 Å². The van der Waals surface area contributed by atoms with Gasteiger partial charge >= 0.3 is 71.1 Å². The first kappa shape index (κ1) is 32.8. The van der Waals surface area contributed by atoms with E-state index >= 15 is 0 Å². The smallest absolute Gasteiger partial charge is 1.00 e. The first-order chi connectivity index (χ1) is 12.1. The Hall–Kier alpha value is 1.10. The van der Waals surface area contributed by atoms with Gasteiger partial charge in [0.1, 0.15) is 6.10 Å². The summed E-state index contributed by atoms with van der Waals surface area (Å²) in [6.45, 7) is 3.55. The molecule has 1 N–H and O–H groups in total. The summed E-state index contributed by atoms with van der Waals surface area (Å²) in [5.74, 6) is -1.38. The van der Waals surface area contributed by atoms with Crippen molar-refractivity contribution in [2.45, 2.75) is 123 Å². The van der Waals surface area contributed by atoms with E-state index in [-0.39, 0.29) is 68.4 Å². The molecule has 0 aliphatic rings. The Bertz CT molecular complexity index is 347. The normalized spacial score (nSPS) is 11.2. The Labute approximate surface area is 214 Å². The predicted octanol–water partition coefficient (Wildman–Crippen LogP) is -0.0685. The molecule has 1 atom stereocenters. The van der Waals surface area contributed by atoms with Gasteiger partial charge in [0.15, 0.2) is 0 Å². The number of carbonyl (C=O) groups is 2. The van der Waals surface area contributed by atoms with Crippen LogP contribution in [-0.4, -0.2) is 23.1 Å². The molecule has 1 unspecified atom stereocenters. The molecule has 6 heteroatoms. The number of esters is 2. The summed E-state index contributed by atoms with van der Waals surface area (Å²) in [4.78, 5) is 22.4. The number of aliphatic hydroxyl groups is 1. The molecular weight excluding hydrogens is 362 g/mol. The third-order valence-corrected chi connectivity index (χ3v) is 4.54. The van der Waals surface area contributed by atoms with E-state index in [0.29, 0.717) is 0 Å². The summed E-state index contributed by atoms with van der Waals surface area (Å²) >= 11 is 0. The van der Waals surface area contributed by atoms with E-state index in [2.05, 4.69) is 11.7 Å². The molecule has 4 nitrogen and oxygen atoms in total. The fraction of sp³-hybridized carbons (Fsp3) is 0.905. The fourth-order valence-electron chi connectivity index (χ4n) is 2.89. The van der Waals surface area contributed by atoms with Gasteiger partial charge in [-0.15, -0.1) is 0 Å². The number of hydrogen-bond acceptors (Lipinski definition) is 4. The number of rotatable bonds is 17. The van der Waals surface area contributed by atoms with E-state index in [0.717, 1.165) is 19.3 Å². The molecule has 0 radical (unpaired) electrons. The van der Waals surface area contributed by atoms with Crippen LogP contribution in [0.15, 0.2) is 0 Å². The van der Waals surface area contributed by atoms with Crippen LogP contribution in [0.2, 0.25) is 0 Å². The molecule has 0 aromatic heterocycles. The Balaban J connectivity index is -0.000000480. The van der Waals surface area contributed by atoms with Crippen molar-refractivity contribution in [1.29, 1.82) is 0 Å². The van der Waals surface area contributed by atoms with Crippen molar-refractivity contribution in [1.82, 2.24) is 0 Å². The molecule has 0 amide bonds. The summed E-state index contributed by atoms with van der Waals surface area (Å²) in [6, 6.07) is 0. The Morgan fingerprint density at radius 2 is 1.07 bits per heavy atom. The molecule has 0 saturated carbocycles. The second-order valence-corrected chi connectivity index (χ2v) is 7.17. The minimum atomic E-state index is -1.23. The van der Waals surface area contributed by atoms with Crippen LogP contribution in [0.25, 0.3) is 0 Å². The maximum Gasteiger partial charge on any atom is 1.00 e. The van der Waals surface area contributed by atoms with Gasteiger partial charge in [-0.3, -0.25) is 4.79 Å². The first-order valence-corrected chi connectivity index (χ1v) is 10.5. The second-order valence-electron chi connectivity index (χ2n) is 7.17. The van der Waals surface area contributed by atoms with Crippen LogP contribution < -0.4 is 59.1 Å². The molecule has 0 spiro atoms. The van der Waals surface area contributed by atoms with Crippen molar-refractivity contribution in [3.63, 3.8) is 0 Å². The molecule has 0 aromatic carbocycles. The van der Waals surface area contributed by atoms with Gasteiger partial charge in [0.05, 0.1) is 0 Å². The molecule has 152 valence electrons. The summed E-state index contributed by atoms with van der Waals surface area (Å²) in [7, 11) is 0. The van der Waals surface area contributed by atoms with Crippen LogP contribution in [-0.2, 0) is 14.3 Å². The van der Waals surface area contributed by atoms with E-state index in [1.165, 1.54) is 84.0 Å². The summed E-state index contributed by atoms with van der Waals surface area (Å²) < 4.78 is 4.50. The average Bonchev–Trinajstić information content (AvgIpc) is 2.58. The Morgan fingerprint density at radius 3 is 1.41 bits per heavy atom. The van der Waals surface area contributed by atoms with Crippen molar-refractivity contribution >= 4 is 11.9 Å². The van der Waals surface area contributed by atoms with Crippen LogP contribution in [0.4, 0.5) is 0 Å². The standard InChI is InChI=1S/C21H40O4.2Na.2H/c1-3-4-5-6-7-8-9-10-11-12-13-14-15-16-17-18-20(23)25-21(24)19(2)22;;;;/h19,22H,3-18H2,1-2H3;;;;/q;2*+1;2*-1. The van der Waals surface area contributed by atoms with Crippen LogP contribution in [0.1, 0.15) is 119 Å². The van der Waals surface area contributed by atoms with E-state index < -0.39 is 18.0 Å².